The largest absolute Gasteiger partial charge is 0.394 e. The summed E-state index contributed by atoms with van der Waals surface area (Å²) in [4.78, 5) is 16.4. The van der Waals surface area contributed by atoms with E-state index in [1.807, 2.05) is 30.3 Å². The molecule has 0 aliphatic carbocycles. The number of benzene rings is 1. The maximum absolute atomic E-state index is 11.3. The van der Waals surface area contributed by atoms with Crippen LogP contribution in [0.3, 0.4) is 0 Å². The van der Waals surface area contributed by atoms with Crippen molar-refractivity contribution in [3.63, 3.8) is 0 Å². The molecule has 24 heavy (non-hydrogen) atoms. The van der Waals surface area contributed by atoms with Crippen LogP contribution in [0.1, 0.15) is 6.92 Å². The van der Waals surface area contributed by atoms with Gasteiger partial charge in [-0.3, -0.25) is 4.79 Å². The van der Waals surface area contributed by atoms with Gasteiger partial charge in [0, 0.05) is 12.6 Å². The number of nitrogens with zero attached hydrogens (tertiary/aromatic N) is 1. The first kappa shape index (κ1) is 18.0. The van der Waals surface area contributed by atoms with Gasteiger partial charge in [-0.1, -0.05) is 23.4 Å². The van der Waals surface area contributed by atoms with Gasteiger partial charge in [-0.2, -0.15) is 0 Å². The molecule has 132 valence electrons. The van der Waals surface area contributed by atoms with E-state index in [-0.39, 0.29) is 12.6 Å². The fourth-order valence-electron chi connectivity index (χ4n) is 2.34. The zero-order chi connectivity index (χ0) is 17.5. The molecule has 1 aromatic rings. The number of aliphatic hydroxyl groups excluding tert-OH is 3. The van der Waals surface area contributed by atoms with Gasteiger partial charge >= 0.3 is 0 Å². The van der Waals surface area contributed by atoms with Crippen LogP contribution in [0, 0.1) is 0 Å². The number of amides is 1. The van der Waals surface area contributed by atoms with Gasteiger partial charge in [0.2, 0.25) is 5.91 Å². The molecule has 4 atom stereocenters. The van der Waals surface area contributed by atoms with Crippen molar-refractivity contribution in [3.05, 3.63) is 30.3 Å². The number of para-hydroxylation sites is 1. The predicted octanol–water partition coefficient (Wildman–Crippen LogP) is -1.42. The molecular weight excluding hydrogens is 316 g/mol. The van der Waals surface area contributed by atoms with E-state index in [9.17, 15) is 20.1 Å². The van der Waals surface area contributed by atoms with Crippen LogP contribution >= 0.6 is 0 Å². The Labute approximate surface area is 139 Å². The molecule has 0 saturated carbocycles. The van der Waals surface area contributed by atoms with E-state index in [0.717, 1.165) is 5.69 Å². The van der Waals surface area contributed by atoms with Crippen molar-refractivity contribution in [2.24, 2.45) is 5.16 Å². The third-order valence-corrected chi connectivity index (χ3v) is 3.56. The lowest BCUT2D eigenvalue weighted by molar-refractivity contribution is -0.121. The smallest absolute Gasteiger partial charge is 0.217 e. The van der Waals surface area contributed by atoms with Gasteiger partial charge in [-0.25, -0.2) is 0 Å². The number of anilines is 1. The Bertz CT molecular complexity index is 568. The van der Waals surface area contributed by atoms with E-state index in [4.69, 9.17) is 4.84 Å². The average Bonchev–Trinajstić information content (AvgIpc) is 2.58. The molecule has 9 nitrogen and oxygen atoms in total. The molecular formula is C15H22N4O5. The van der Waals surface area contributed by atoms with Gasteiger partial charge in [-0.15, -0.1) is 0 Å². The third kappa shape index (κ3) is 4.57. The highest BCUT2D eigenvalue weighted by atomic mass is 16.6. The van der Waals surface area contributed by atoms with Crippen LogP contribution in [0.15, 0.2) is 35.5 Å². The number of piperidine rings is 1. The van der Waals surface area contributed by atoms with Gasteiger partial charge in [0.05, 0.1) is 12.6 Å². The maximum atomic E-state index is 11.3. The normalized spacial score (nSPS) is 28.1. The summed E-state index contributed by atoms with van der Waals surface area (Å²) in [7, 11) is 0. The van der Waals surface area contributed by atoms with E-state index in [1.165, 1.54) is 6.92 Å². The van der Waals surface area contributed by atoms with Crippen LogP contribution in [0.25, 0.3) is 0 Å². The van der Waals surface area contributed by atoms with Crippen LogP contribution in [0.5, 0.6) is 0 Å². The molecule has 2 rings (SSSR count). The Morgan fingerprint density at radius 3 is 2.62 bits per heavy atom. The number of oxime groups is 1. The first-order valence-electron chi connectivity index (χ1n) is 7.52. The first-order valence-corrected chi connectivity index (χ1v) is 7.52. The van der Waals surface area contributed by atoms with E-state index >= 15 is 0 Å². The number of hydrogen-bond acceptors (Lipinski definition) is 7. The third-order valence-electron chi connectivity index (χ3n) is 3.56. The standard InChI is InChI=1S/C15H22N4O5/c1-9(21)17-12-14(23)13(22)11(7-20)18-15(12)19-24-8-16-10-5-3-2-4-6-10/h2-6,11-14,16,20,22-23H,7-8H2,1H3,(H,17,21)(H,18,19)/t11?,12?,13-,14?/m1/s1. The van der Waals surface area contributed by atoms with Crippen LogP contribution < -0.4 is 16.0 Å². The second kappa shape index (κ2) is 8.48. The van der Waals surface area contributed by atoms with E-state index in [0.29, 0.717) is 0 Å². The lowest BCUT2D eigenvalue weighted by atomic mass is 9.93. The maximum Gasteiger partial charge on any atom is 0.217 e. The van der Waals surface area contributed by atoms with E-state index in [2.05, 4.69) is 21.1 Å². The second-order valence-electron chi connectivity index (χ2n) is 5.39. The van der Waals surface area contributed by atoms with Crippen LogP contribution in [-0.4, -0.2) is 64.7 Å². The van der Waals surface area contributed by atoms with E-state index < -0.39 is 36.8 Å². The Morgan fingerprint density at radius 2 is 2.00 bits per heavy atom. The van der Waals surface area contributed by atoms with Crippen molar-refractivity contribution < 1.29 is 25.0 Å². The molecule has 1 aliphatic rings. The van der Waals surface area contributed by atoms with Crippen molar-refractivity contribution in [1.29, 1.82) is 0 Å². The molecule has 1 aliphatic heterocycles. The average molecular weight is 338 g/mol. The summed E-state index contributed by atoms with van der Waals surface area (Å²) in [6.45, 7) is 0.934. The van der Waals surface area contributed by atoms with Crippen molar-refractivity contribution in [3.8, 4) is 0 Å². The monoisotopic (exact) mass is 338 g/mol. The Kier molecular flexibility index (Phi) is 6.36. The molecule has 0 bridgehead atoms. The molecule has 9 heteroatoms. The minimum absolute atomic E-state index is 0.0599. The van der Waals surface area contributed by atoms with Crippen LogP contribution in [0.4, 0.5) is 5.69 Å². The summed E-state index contributed by atoms with van der Waals surface area (Å²) >= 11 is 0. The van der Waals surface area contributed by atoms with Crippen molar-refractivity contribution in [1.82, 2.24) is 10.6 Å². The summed E-state index contributed by atoms with van der Waals surface area (Å²) in [5.74, 6) is -0.275. The number of aliphatic hydroxyl groups is 3. The lowest BCUT2D eigenvalue weighted by Gasteiger charge is -2.38. The number of amidine groups is 1. The van der Waals surface area contributed by atoms with Crippen molar-refractivity contribution >= 4 is 17.4 Å². The zero-order valence-corrected chi connectivity index (χ0v) is 13.2. The number of nitrogens with one attached hydrogen (secondary N) is 3. The topological polar surface area (TPSA) is 135 Å². The summed E-state index contributed by atoms with van der Waals surface area (Å²) in [6, 6.07) is 7.57. The van der Waals surface area contributed by atoms with Crippen molar-refractivity contribution in [2.75, 3.05) is 18.7 Å². The molecule has 1 aromatic carbocycles. The molecule has 6 N–H and O–H groups in total. The summed E-state index contributed by atoms with van der Waals surface area (Å²) in [5, 5.41) is 41.4. The van der Waals surface area contributed by atoms with Gasteiger partial charge in [0.1, 0.15) is 18.2 Å². The minimum Gasteiger partial charge on any atom is -0.394 e. The highest BCUT2D eigenvalue weighted by Gasteiger charge is 2.41. The molecule has 1 amide bonds. The fraction of sp³-hybridized carbons (Fsp3) is 0.467. The van der Waals surface area contributed by atoms with Gasteiger partial charge in [-0.05, 0) is 12.1 Å². The molecule has 3 unspecified atom stereocenters. The molecule has 1 fully saturated rings. The minimum atomic E-state index is -1.32. The summed E-state index contributed by atoms with van der Waals surface area (Å²) < 4.78 is 0. The number of rotatable bonds is 6. The van der Waals surface area contributed by atoms with Gasteiger partial charge in [0.25, 0.3) is 0 Å². The Hall–Kier alpha value is -2.36. The van der Waals surface area contributed by atoms with Crippen LogP contribution in [0.2, 0.25) is 0 Å². The predicted molar refractivity (Wildman–Crippen MR) is 87.1 cm³/mol. The lowest BCUT2D eigenvalue weighted by Crippen LogP contribution is -2.68. The Balaban J connectivity index is 2.00. The van der Waals surface area contributed by atoms with Crippen LogP contribution in [-0.2, 0) is 9.63 Å². The highest BCUT2D eigenvalue weighted by Crippen LogP contribution is 2.13. The number of hydrogen-bond donors (Lipinski definition) is 6. The zero-order valence-electron chi connectivity index (χ0n) is 13.2. The van der Waals surface area contributed by atoms with Crippen molar-refractivity contribution in [2.45, 2.75) is 31.2 Å². The second-order valence-corrected chi connectivity index (χ2v) is 5.39. The molecule has 1 heterocycles. The highest BCUT2D eigenvalue weighted by molar-refractivity contribution is 5.92. The van der Waals surface area contributed by atoms with Gasteiger partial charge in [0.15, 0.2) is 12.6 Å². The summed E-state index contributed by atoms with van der Waals surface area (Å²) in [6.07, 6.45) is -2.58. The SMILES string of the molecule is CC(=O)NC1/C(=N/OCNc2ccccc2)NC(CO)[C@@H](O)C1O. The Morgan fingerprint density at radius 1 is 1.29 bits per heavy atom. The number of carbonyl (C=O) groups is 1. The number of carbonyl (C=O) groups excluding carboxylic acids is 1. The molecule has 1 saturated heterocycles. The summed E-state index contributed by atoms with van der Waals surface area (Å²) in [5.41, 5.74) is 0.844. The fourth-order valence-corrected chi connectivity index (χ4v) is 2.34. The quantitative estimate of drug-likeness (QED) is 0.213. The van der Waals surface area contributed by atoms with E-state index in [1.54, 1.807) is 0 Å². The molecule has 0 radical (unpaired) electrons. The first-order chi connectivity index (χ1) is 11.5. The molecule has 0 aromatic heterocycles. The van der Waals surface area contributed by atoms with Gasteiger partial charge < -0.3 is 36.1 Å². The molecule has 0 spiro atoms.